The zero-order chi connectivity index (χ0) is 21.0. The highest BCUT2D eigenvalue weighted by molar-refractivity contribution is 5.29. The van der Waals surface area contributed by atoms with Crippen molar-refractivity contribution in [3.05, 3.63) is 35.8 Å². The number of fused-ring (bicyclic) bond motifs is 5. The number of hydrogen-bond acceptors (Lipinski definition) is 4. The lowest BCUT2D eigenvalue weighted by molar-refractivity contribution is -0.130. The summed E-state index contributed by atoms with van der Waals surface area (Å²) in [5, 5.41) is 11.8. The zero-order valence-electron chi connectivity index (χ0n) is 18.7. The second-order valence-corrected chi connectivity index (χ2v) is 11.0. The Morgan fingerprint density at radius 1 is 1.17 bits per heavy atom. The lowest BCUT2D eigenvalue weighted by Crippen LogP contribution is -2.53. The summed E-state index contributed by atoms with van der Waals surface area (Å²) < 4.78 is 11.5. The molecule has 7 atom stereocenters. The van der Waals surface area contributed by atoms with Crippen LogP contribution in [0.15, 0.2) is 34.7 Å². The van der Waals surface area contributed by atoms with Crippen LogP contribution in [0.3, 0.4) is 0 Å². The van der Waals surface area contributed by atoms with Gasteiger partial charge in [0.1, 0.15) is 0 Å². The van der Waals surface area contributed by atoms with E-state index in [4.69, 9.17) is 14.9 Å². The summed E-state index contributed by atoms with van der Waals surface area (Å²) in [7, 11) is 0. The van der Waals surface area contributed by atoms with Crippen molar-refractivity contribution >= 4 is 0 Å². The van der Waals surface area contributed by atoms with Crippen LogP contribution in [0.1, 0.15) is 77.2 Å². The monoisotopic (exact) mass is 413 g/mol. The Hall–Kier alpha value is -1.10. The van der Waals surface area contributed by atoms with Crippen LogP contribution in [0.25, 0.3) is 0 Å². The molecular weight excluding hydrogens is 374 g/mol. The molecule has 0 aromatic carbocycles. The number of hydrogen-bond donors (Lipinski definition) is 2. The second kappa shape index (κ2) is 7.50. The predicted molar refractivity (Wildman–Crippen MR) is 118 cm³/mol. The molecule has 0 amide bonds. The lowest BCUT2D eigenvalue weighted by atomic mass is 9.46. The van der Waals surface area contributed by atoms with E-state index in [2.05, 4.69) is 19.9 Å². The predicted octanol–water partition coefficient (Wildman–Crippen LogP) is 5.16. The van der Waals surface area contributed by atoms with Crippen molar-refractivity contribution < 1.29 is 14.3 Å². The normalized spacial score (nSPS) is 45.4. The SMILES string of the molecule is C[C@]12CC[C@H](OCCCN)CC1=CC[C@@H]1[C@@H]2CC[C@@]2(C)[C@H]1CC[C@]2(O)c1ccoc1. The van der Waals surface area contributed by atoms with Gasteiger partial charge in [0.05, 0.1) is 24.2 Å². The number of nitrogens with two attached hydrogens (primary N) is 1. The molecule has 3 N–H and O–H groups in total. The van der Waals surface area contributed by atoms with Crippen LogP contribution < -0.4 is 5.73 Å². The van der Waals surface area contributed by atoms with Crippen LogP contribution in [0.2, 0.25) is 0 Å². The molecule has 0 bridgehead atoms. The van der Waals surface area contributed by atoms with Crippen LogP contribution in [0.5, 0.6) is 0 Å². The Morgan fingerprint density at radius 2 is 2.00 bits per heavy atom. The topological polar surface area (TPSA) is 68.6 Å². The molecule has 30 heavy (non-hydrogen) atoms. The van der Waals surface area contributed by atoms with Crippen molar-refractivity contribution in [2.75, 3.05) is 13.2 Å². The first kappa shape index (κ1) is 20.8. The maximum Gasteiger partial charge on any atom is 0.0983 e. The number of rotatable bonds is 5. The van der Waals surface area contributed by atoms with Gasteiger partial charge in [0, 0.05) is 17.6 Å². The molecule has 4 aliphatic carbocycles. The van der Waals surface area contributed by atoms with E-state index in [1.165, 1.54) is 25.7 Å². The van der Waals surface area contributed by atoms with Crippen LogP contribution >= 0.6 is 0 Å². The summed E-state index contributed by atoms with van der Waals surface area (Å²) >= 11 is 0. The third-order valence-electron chi connectivity index (χ3n) is 9.91. The minimum atomic E-state index is -0.741. The smallest absolute Gasteiger partial charge is 0.0983 e. The van der Waals surface area contributed by atoms with E-state index in [1.54, 1.807) is 18.1 Å². The van der Waals surface area contributed by atoms with Gasteiger partial charge in [0.2, 0.25) is 0 Å². The fraction of sp³-hybridized carbons (Fsp3) is 0.769. The van der Waals surface area contributed by atoms with Gasteiger partial charge in [-0.1, -0.05) is 25.5 Å². The van der Waals surface area contributed by atoms with Gasteiger partial charge < -0.3 is 20.0 Å². The molecule has 1 aromatic heterocycles. The molecule has 5 rings (SSSR count). The molecule has 4 nitrogen and oxygen atoms in total. The molecule has 0 unspecified atom stereocenters. The molecule has 0 aliphatic heterocycles. The first-order valence-corrected chi connectivity index (χ1v) is 12.2. The van der Waals surface area contributed by atoms with E-state index < -0.39 is 5.60 Å². The average molecular weight is 414 g/mol. The highest BCUT2D eigenvalue weighted by atomic mass is 16.5. The van der Waals surface area contributed by atoms with Gasteiger partial charge in [-0.25, -0.2) is 0 Å². The first-order chi connectivity index (χ1) is 14.4. The molecule has 0 saturated heterocycles. The van der Waals surface area contributed by atoms with E-state index in [9.17, 15) is 5.11 Å². The fourth-order valence-electron chi connectivity index (χ4n) is 8.09. The molecule has 0 radical (unpaired) electrons. The number of allylic oxidation sites excluding steroid dienone is 1. The van der Waals surface area contributed by atoms with Gasteiger partial charge in [-0.3, -0.25) is 0 Å². The summed E-state index contributed by atoms with van der Waals surface area (Å²) in [6.45, 7) is 6.40. The standard InChI is InChI=1S/C26H39NO3/c1-24-10-6-20(30-14-3-13-27)16-18(24)4-5-21-22(24)7-11-25(2)23(21)8-12-26(25,28)19-9-15-29-17-19/h4,9,15,17,20-23,28H,3,5-8,10-14,16,27H2,1-2H3/t20-,21+,22-,23-,24-,25-,26-/m0/s1. The number of ether oxygens (including phenoxy) is 1. The minimum absolute atomic E-state index is 0.0533. The Labute approximate surface area is 181 Å². The van der Waals surface area contributed by atoms with Crippen molar-refractivity contribution in [2.45, 2.75) is 83.3 Å². The maximum atomic E-state index is 11.8. The van der Waals surface area contributed by atoms with Crippen LogP contribution in [0, 0.1) is 28.6 Å². The lowest BCUT2D eigenvalue weighted by Gasteiger charge is -2.59. The fourth-order valence-corrected chi connectivity index (χ4v) is 8.09. The van der Waals surface area contributed by atoms with Gasteiger partial charge in [-0.15, -0.1) is 0 Å². The van der Waals surface area contributed by atoms with E-state index in [0.717, 1.165) is 50.2 Å². The van der Waals surface area contributed by atoms with Crippen LogP contribution in [-0.4, -0.2) is 24.4 Å². The molecule has 4 heteroatoms. The van der Waals surface area contributed by atoms with Crippen molar-refractivity contribution in [2.24, 2.45) is 34.3 Å². The summed E-state index contributed by atoms with van der Waals surface area (Å²) in [4.78, 5) is 0. The maximum absolute atomic E-state index is 11.8. The largest absolute Gasteiger partial charge is 0.472 e. The van der Waals surface area contributed by atoms with Crippen molar-refractivity contribution in [1.82, 2.24) is 0 Å². The molecule has 0 spiro atoms. The second-order valence-electron chi connectivity index (χ2n) is 11.0. The van der Waals surface area contributed by atoms with Crippen LogP contribution in [0.4, 0.5) is 0 Å². The van der Waals surface area contributed by atoms with E-state index >= 15 is 0 Å². The van der Waals surface area contributed by atoms with Crippen molar-refractivity contribution in [3.8, 4) is 0 Å². The average Bonchev–Trinajstić information content (AvgIpc) is 3.36. The molecule has 1 aromatic rings. The number of furan rings is 1. The minimum Gasteiger partial charge on any atom is -0.472 e. The third-order valence-corrected chi connectivity index (χ3v) is 9.91. The Kier molecular flexibility index (Phi) is 5.19. The Balaban J connectivity index is 1.37. The molecule has 3 saturated carbocycles. The molecule has 3 fully saturated rings. The van der Waals surface area contributed by atoms with E-state index in [1.807, 2.05) is 6.07 Å². The molecule has 4 aliphatic rings. The third kappa shape index (κ3) is 2.90. The number of aliphatic hydroxyl groups is 1. The summed E-state index contributed by atoms with van der Waals surface area (Å²) in [5.74, 6) is 2.02. The molecular formula is C26H39NO3. The van der Waals surface area contributed by atoms with Gasteiger partial charge in [-0.2, -0.15) is 0 Å². The van der Waals surface area contributed by atoms with Gasteiger partial charge in [0.15, 0.2) is 0 Å². The highest BCUT2D eigenvalue weighted by Gasteiger charge is 2.64. The van der Waals surface area contributed by atoms with Crippen molar-refractivity contribution in [1.29, 1.82) is 0 Å². The quantitative estimate of drug-likeness (QED) is 0.516. The van der Waals surface area contributed by atoms with Crippen molar-refractivity contribution in [3.63, 3.8) is 0 Å². The highest BCUT2D eigenvalue weighted by Crippen LogP contribution is 2.69. The first-order valence-electron chi connectivity index (χ1n) is 12.2. The molecule has 1 heterocycles. The van der Waals surface area contributed by atoms with E-state index in [0.29, 0.717) is 29.9 Å². The van der Waals surface area contributed by atoms with E-state index in [-0.39, 0.29) is 5.41 Å². The Bertz CT molecular complexity index is 788. The molecule has 166 valence electrons. The summed E-state index contributed by atoms with van der Waals surface area (Å²) in [6, 6.07) is 1.98. The van der Waals surface area contributed by atoms with Gasteiger partial charge in [-0.05, 0) is 93.6 Å². The van der Waals surface area contributed by atoms with Crippen LogP contribution in [-0.2, 0) is 10.3 Å². The van der Waals surface area contributed by atoms with Gasteiger partial charge >= 0.3 is 0 Å². The zero-order valence-corrected chi connectivity index (χ0v) is 18.7. The summed E-state index contributed by atoms with van der Waals surface area (Å²) in [6.07, 6.45) is 16.4. The van der Waals surface area contributed by atoms with Gasteiger partial charge in [0.25, 0.3) is 0 Å². The Morgan fingerprint density at radius 3 is 2.77 bits per heavy atom. The summed E-state index contributed by atoms with van der Waals surface area (Å²) in [5.41, 5.74) is 7.79.